The summed E-state index contributed by atoms with van der Waals surface area (Å²) in [4.78, 5) is 23.4. The Morgan fingerprint density at radius 1 is 1.24 bits per heavy atom. The van der Waals surface area contributed by atoms with Crippen molar-refractivity contribution in [3.05, 3.63) is 28.3 Å². The van der Waals surface area contributed by atoms with E-state index >= 15 is 0 Å². The molecule has 4 heteroatoms. The summed E-state index contributed by atoms with van der Waals surface area (Å²) in [7, 11) is 1.58. The van der Waals surface area contributed by atoms with Crippen molar-refractivity contribution in [1.82, 2.24) is 5.32 Å². The van der Waals surface area contributed by atoms with Crippen molar-refractivity contribution in [2.24, 2.45) is 0 Å². The van der Waals surface area contributed by atoms with Crippen LogP contribution in [0.2, 0.25) is 0 Å². The Kier molecular flexibility index (Phi) is 2.88. The van der Waals surface area contributed by atoms with Crippen LogP contribution in [-0.2, 0) is 11.2 Å². The molecule has 0 aliphatic carbocycles. The fourth-order valence-electron chi connectivity index (χ4n) is 2.17. The van der Waals surface area contributed by atoms with Crippen molar-refractivity contribution in [3.63, 3.8) is 0 Å². The molecule has 0 fully saturated rings. The summed E-state index contributed by atoms with van der Waals surface area (Å²) in [5.74, 6) is 0.139. The summed E-state index contributed by atoms with van der Waals surface area (Å²) in [5.41, 5.74) is 3.32. The largest absolute Gasteiger partial charge is 0.496 e. The normalized spacial score (nSPS) is 15.0. The van der Waals surface area contributed by atoms with Gasteiger partial charge in [0.25, 0.3) is 5.91 Å². The molecule has 2 amide bonds. The van der Waals surface area contributed by atoms with E-state index in [4.69, 9.17) is 4.74 Å². The molecule has 0 radical (unpaired) electrons. The fraction of sp³-hybridized carbons (Fsp3) is 0.385. The number of aryl methyl sites for hydroxylation is 1. The van der Waals surface area contributed by atoms with E-state index in [0.29, 0.717) is 24.2 Å². The molecule has 0 saturated carbocycles. The Labute approximate surface area is 100.0 Å². The summed E-state index contributed by atoms with van der Waals surface area (Å²) in [6, 6.07) is 1.91. The van der Waals surface area contributed by atoms with Crippen LogP contribution in [0.5, 0.6) is 5.75 Å². The number of methoxy groups -OCH3 is 1. The molecule has 2 rings (SSSR count). The van der Waals surface area contributed by atoms with Crippen LogP contribution in [0.4, 0.5) is 0 Å². The number of hydrogen-bond acceptors (Lipinski definition) is 3. The van der Waals surface area contributed by atoms with Gasteiger partial charge in [0.05, 0.1) is 7.11 Å². The molecule has 90 valence electrons. The number of ether oxygens (including phenoxy) is 1. The van der Waals surface area contributed by atoms with E-state index in [-0.39, 0.29) is 11.8 Å². The zero-order valence-electron chi connectivity index (χ0n) is 10.2. The van der Waals surface area contributed by atoms with Crippen LogP contribution in [0.1, 0.15) is 33.5 Å². The van der Waals surface area contributed by atoms with Crippen LogP contribution < -0.4 is 10.1 Å². The highest BCUT2D eigenvalue weighted by Gasteiger charge is 2.25. The first-order valence-electron chi connectivity index (χ1n) is 5.56. The Morgan fingerprint density at radius 2 is 1.94 bits per heavy atom. The summed E-state index contributed by atoms with van der Waals surface area (Å²) in [6.07, 6.45) is 0.856. The van der Waals surface area contributed by atoms with E-state index in [1.165, 1.54) is 0 Å². The number of hydrogen-bond donors (Lipinski definition) is 1. The molecule has 1 aromatic carbocycles. The molecule has 1 N–H and O–H groups in total. The Bertz CT molecular complexity index is 506. The smallest absolute Gasteiger partial charge is 0.258 e. The van der Waals surface area contributed by atoms with Gasteiger partial charge in [0.15, 0.2) is 0 Å². The third-order valence-electron chi connectivity index (χ3n) is 3.22. The van der Waals surface area contributed by atoms with Gasteiger partial charge in [0, 0.05) is 17.5 Å². The molecule has 0 unspecified atom stereocenters. The molecule has 0 spiro atoms. The van der Waals surface area contributed by atoms with E-state index in [1.54, 1.807) is 7.11 Å². The lowest BCUT2D eigenvalue weighted by atomic mass is 9.94. The second-order valence-corrected chi connectivity index (χ2v) is 4.25. The minimum absolute atomic E-state index is 0.231. The number of benzene rings is 1. The lowest BCUT2D eigenvalue weighted by Crippen LogP contribution is -2.29. The molecule has 0 bridgehead atoms. The summed E-state index contributed by atoms with van der Waals surface area (Å²) >= 11 is 0. The van der Waals surface area contributed by atoms with Crippen LogP contribution in [0.25, 0.3) is 0 Å². The van der Waals surface area contributed by atoms with Crippen LogP contribution in [0, 0.1) is 13.8 Å². The van der Waals surface area contributed by atoms with Crippen molar-refractivity contribution in [3.8, 4) is 5.75 Å². The topological polar surface area (TPSA) is 55.4 Å². The van der Waals surface area contributed by atoms with Gasteiger partial charge in [-0.05, 0) is 37.5 Å². The molecule has 17 heavy (non-hydrogen) atoms. The van der Waals surface area contributed by atoms with Crippen molar-refractivity contribution in [2.45, 2.75) is 26.7 Å². The number of imide groups is 1. The number of amides is 2. The SMILES string of the molecule is COc1cc(C)c(C)c2c1CCC(=O)NC2=O. The molecular weight excluding hydrogens is 218 g/mol. The molecule has 4 nitrogen and oxygen atoms in total. The summed E-state index contributed by atoms with van der Waals surface area (Å²) in [5, 5.41) is 2.38. The molecule has 1 aromatic rings. The molecule has 1 aliphatic rings. The monoisotopic (exact) mass is 233 g/mol. The molecule has 1 heterocycles. The minimum atomic E-state index is -0.318. The average molecular weight is 233 g/mol. The second kappa shape index (κ2) is 4.20. The minimum Gasteiger partial charge on any atom is -0.496 e. The molecule has 1 aliphatic heterocycles. The predicted molar refractivity (Wildman–Crippen MR) is 63.3 cm³/mol. The first-order chi connectivity index (χ1) is 8.04. The van der Waals surface area contributed by atoms with Gasteiger partial charge in [0.1, 0.15) is 5.75 Å². The molecule has 0 atom stereocenters. The maximum atomic E-state index is 12.0. The van der Waals surface area contributed by atoms with E-state index in [2.05, 4.69) is 5.32 Å². The third kappa shape index (κ3) is 1.90. The van der Waals surface area contributed by atoms with Gasteiger partial charge < -0.3 is 4.74 Å². The predicted octanol–water partition coefficient (Wildman–Crippen LogP) is 1.51. The van der Waals surface area contributed by atoms with Gasteiger partial charge in [0.2, 0.25) is 5.91 Å². The first kappa shape index (κ1) is 11.6. The zero-order chi connectivity index (χ0) is 12.6. The van der Waals surface area contributed by atoms with Crippen LogP contribution in [0.15, 0.2) is 6.07 Å². The van der Waals surface area contributed by atoms with Crippen molar-refractivity contribution >= 4 is 11.8 Å². The highest BCUT2D eigenvalue weighted by Crippen LogP contribution is 2.30. The van der Waals surface area contributed by atoms with Crippen molar-refractivity contribution < 1.29 is 14.3 Å². The average Bonchev–Trinajstić information content (AvgIpc) is 2.43. The number of carbonyl (C=O) groups is 2. The van der Waals surface area contributed by atoms with Crippen LogP contribution >= 0.6 is 0 Å². The number of rotatable bonds is 1. The summed E-state index contributed by atoms with van der Waals surface area (Å²) < 4.78 is 5.30. The number of fused-ring (bicyclic) bond motifs is 1. The lowest BCUT2D eigenvalue weighted by molar-refractivity contribution is -0.119. The maximum absolute atomic E-state index is 12.0. The van der Waals surface area contributed by atoms with Gasteiger partial charge in [-0.25, -0.2) is 0 Å². The van der Waals surface area contributed by atoms with Crippen LogP contribution in [-0.4, -0.2) is 18.9 Å². The van der Waals surface area contributed by atoms with Gasteiger partial charge in [-0.15, -0.1) is 0 Å². The van der Waals surface area contributed by atoms with E-state index < -0.39 is 0 Å². The van der Waals surface area contributed by atoms with Crippen molar-refractivity contribution in [1.29, 1.82) is 0 Å². The standard InChI is InChI=1S/C13H15NO3/c1-7-6-10(17-3)9-4-5-11(15)14-13(16)12(9)8(7)2/h6H,4-5H2,1-3H3,(H,14,15,16). The third-order valence-corrected chi connectivity index (χ3v) is 3.22. The Balaban J connectivity index is 2.68. The highest BCUT2D eigenvalue weighted by atomic mass is 16.5. The van der Waals surface area contributed by atoms with Gasteiger partial charge in [-0.3, -0.25) is 14.9 Å². The molecular formula is C13H15NO3. The van der Waals surface area contributed by atoms with Gasteiger partial charge in [-0.2, -0.15) is 0 Å². The maximum Gasteiger partial charge on any atom is 0.258 e. The second-order valence-electron chi connectivity index (χ2n) is 4.25. The Morgan fingerprint density at radius 3 is 2.59 bits per heavy atom. The lowest BCUT2D eigenvalue weighted by Gasteiger charge is -2.15. The summed E-state index contributed by atoms with van der Waals surface area (Å²) in [6.45, 7) is 3.82. The van der Waals surface area contributed by atoms with E-state index in [1.807, 2.05) is 19.9 Å². The highest BCUT2D eigenvalue weighted by molar-refractivity contribution is 6.08. The quantitative estimate of drug-likeness (QED) is 0.748. The first-order valence-corrected chi connectivity index (χ1v) is 5.56. The molecule has 0 saturated heterocycles. The Hall–Kier alpha value is -1.84. The van der Waals surface area contributed by atoms with Gasteiger partial charge in [-0.1, -0.05) is 0 Å². The fourth-order valence-corrected chi connectivity index (χ4v) is 2.17. The van der Waals surface area contributed by atoms with E-state index in [9.17, 15) is 9.59 Å². The van der Waals surface area contributed by atoms with Crippen LogP contribution in [0.3, 0.4) is 0 Å². The van der Waals surface area contributed by atoms with Gasteiger partial charge >= 0.3 is 0 Å². The number of nitrogens with one attached hydrogen (secondary N) is 1. The number of carbonyl (C=O) groups excluding carboxylic acids is 2. The zero-order valence-corrected chi connectivity index (χ0v) is 10.2. The van der Waals surface area contributed by atoms with Crippen molar-refractivity contribution in [2.75, 3.05) is 7.11 Å². The molecule has 0 aromatic heterocycles. The van der Waals surface area contributed by atoms with E-state index in [0.717, 1.165) is 16.7 Å².